The first-order chi connectivity index (χ1) is 21.1. The number of carboxylic acid groups (broad SMARTS) is 1. The smallest absolute Gasteiger partial charge is 0.326 e. The van der Waals surface area contributed by atoms with E-state index < -0.39 is 12.0 Å². The number of nitrogens with one attached hydrogen (secondary N) is 1. The predicted octanol–water partition coefficient (Wildman–Crippen LogP) is 12.4. The minimum absolute atomic E-state index is 0.0988. The fourth-order valence-electron chi connectivity index (χ4n) is 5.88. The topological polar surface area (TPSA) is 66.4 Å². The summed E-state index contributed by atoms with van der Waals surface area (Å²) in [7, 11) is 0. The van der Waals surface area contributed by atoms with Gasteiger partial charge in [0.05, 0.1) is 0 Å². The van der Waals surface area contributed by atoms with Crippen LogP contribution in [0.2, 0.25) is 0 Å². The number of thioether (sulfide) groups is 1. The zero-order valence-electron chi connectivity index (χ0n) is 29.1. The third-order valence-corrected chi connectivity index (χ3v) is 9.94. The third kappa shape index (κ3) is 34.0. The minimum atomic E-state index is -0.901. The van der Waals surface area contributed by atoms with E-state index in [-0.39, 0.29) is 5.91 Å². The monoisotopic (exact) mass is 626 g/mol. The Morgan fingerprint density at radius 3 is 1.16 bits per heavy atom. The summed E-state index contributed by atoms with van der Waals surface area (Å²) in [6.45, 7) is 4.55. The number of carbonyl (C=O) groups excluding carboxylic acids is 1. The molecule has 0 heterocycles. The number of amides is 1. The highest BCUT2D eigenvalue weighted by molar-refractivity contribution is 7.99. The van der Waals surface area contributed by atoms with E-state index in [1.165, 1.54) is 173 Å². The van der Waals surface area contributed by atoms with Gasteiger partial charge in [0, 0.05) is 6.42 Å². The highest BCUT2D eigenvalue weighted by Crippen LogP contribution is 2.16. The van der Waals surface area contributed by atoms with Crippen molar-refractivity contribution in [2.45, 2.75) is 219 Å². The van der Waals surface area contributed by atoms with E-state index in [2.05, 4.69) is 19.2 Å². The van der Waals surface area contributed by atoms with Gasteiger partial charge in [-0.1, -0.05) is 187 Å². The lowest BCUT2D eigenvalue weighted by Gasteiger charge is -2.14. The van der Waals surface area contributed by atoms with Gasteiger partial charge in [0.2, 0.25) is 5.91 Å². The van der Waals surface area contributed by atoms with Gasteiger partial charge in [-0.3, -0.25) is 4.79 Å². The summed E-state index contributed by atoms with van der Waals surface area (Å²) >= 11 is 1.84. The number of carboxylic acids is 1. The van der Waals surface area contributed by atoms with Crippen molar-refractivity contribution in [3.8, 4) is 0 Å². The van der Waals surface area contributed by atoms with Crippen LogP contribution in [0.25, 0.3) is 0 Å². The van der Waals surface area contributed by atoms with Crippen molar-refractivity contribution in [3.63, 3.8) is 0 Å². The number of aliphatic carboxylic acids is 1. The van der Waals surface area contributed by atoms with E-state index >= 15 is 0 Å². The van der Waals surface area contributed by atoms with Crippen LogP contribution in [0.4, 0.5) is 0 Å². The van der Waals surface area contributed by atoms with E-state index in [0.29, 0.717) is 12.8 Å². The summed E-state index contributed by atoms with van der Waals surface area (Å²) in [5.41, 5.74) is 0. The summed E-state index contributed by atoms with van der Waals surface area (Å²) < 4.78 is 0. The number of unbranched alkanes of at least 4 members (excludes halogenated alkanes) is 27. The molecule has 0 aromatic heterocycles. The SMILES string of the molecule is CCCCCCCCCCCCCCCCCCSCC[C@@H](NC(=O)CCCCCCCCCCCCCCC)C(=O)O. The molecule has 43 heavy (non-hydrogen) atoms. The van der Waals surface area contributed by atoms with Crippen molar-refractivity contribution >= 4 is 23.6 Å². The number of rotatable bonds is 36. The van der Waals surface area contributed by atoms with Crippen LogP contribution < -0.4 is 5.32 Å². The van der Waals surface area contributed by atoms with Gasteiger partial charge in [-0.25, -0.2) is 4.79 Å². The van der Waals surface area contributed by atoms with E-state index in [9.17, 15) is 14.7 Å². The van der Waals surface area contributed by atoms with E-state index in [1.807, 2.05) is 11.8 Å². The quantitative estimate of drug-likeness (QED) is 0.0680. The molecule has 0 spiro atoms. The highest BCUT2D eigenvalue weighted by Gasteiger charge is 2.19. The molecule has 0 aliphatic rings. The summed E-state index contributed by atoms with van der Waals surface area (Å²) in [5.74, 6) is 0.895. The van der Waals surface area contributed by atoms with Crippen molar-refractivity contribution in [1.29, 1.82) is 0 Å². The van der Waals surface area contributed by atoms with Crippen LogP contribution >= 0.6 is 11.8 Å². The zero-order valence-corrected chi connectivity index (χ0v) is 29.9. The Kier molecular flexibility index (Phi) is 35.2. The molecule has 256 valence electrons. The van der Waals surface area contributed by atoms with Crippen molar-refractivity contribution in [1.82, 2.24) is 5.32 Å². The summed E-state index contributed by atoms with van der Waals surface area (Å²) in [4.78, 5) is 23.9. The second-order valence-electron chi connectivity index (χ2n) is 13.2. The first kappa shape index (κ1) is 42.3. The summed E-state index contributed by atoms with van der Waals surface area (Å²) in [6.07, 6.45) is 39.8. The fraction of sp³-hybridized carbons (Fsp3) is 0.947. The molecule has 1 amide bonds. The van der Waals surface area contributed by atoms with Crippen LogP contribution in [0.5, 0.6) is 0 Å². The van der Waals surface area contributed by atoms with Gasteiger partial charge in [-0.2, -0.15) is 11.8 Å². The van der Waals surface area contributed by atoms with Crippen LogP contribution in [-0.4, -0.2) is 34.5 Å². The number of carbonyl (C=O) groups is 2. The third-order valence-electron chi connectivity index (χ3n) is 8.83. The predicted molar refractivity (Wildman–Crippen MR) is 191 cm³/mol. The average Bonchev–Trinajstić information content (AvgIpc) is 3.00. The molecule has 0 bridgehead atoms. The highest BCUT2D eigenvalue weighted by atomic mass is 32.2. The summed E-state index contributed by atoms with van der Waals surface area (Å²) in [6, 6.07) is -0.743. The Hall–Kier alpha value is -0.710. The Balaban J connectivity index is 3.48. The normalized spacial score (nSPS) is 12.0. The molecule has 0 radical (unpaired) electrons. The maximum Gasteiger partial charge on any atom is 0.326 e. The largest absolute Gasteiger partial charge is 0.480 e. The van der Waals surface area contributed by atoms with Gasteiger partial charge in [0.15, 0.2) is 0 Å². The molecule has 0 unspecified atom stereocenters. The molecule has 2 N–H and O–H groups in total. The fourth-order valence-corrected chi connectivity index (χ4v) is 6.90. The van der Waals surface area contributed by atoms with Gasteiger partial charge in [0.25, 0.3) is 0 Å². The Morgan fingerprint density at radius 2 is 0.814 bits per heavy atom. The van der Waals surface area contributed by atoms with Gasteiger partial charge in [-0.15, -0.1) is 0 Å². The summed E-state index contributed by atoms with van der Waals surface area (Å²) in [5, 5.41) is 12.3. The first-order valence-corrected chi connectivity index (χ1v) is 20.4. The molecule has 0 rings (SSSR count). The Labute approximate surface area is 273 Å². The molecule has 0 aliphatic heterocycles. The molecule has 0 aliphatic carbocycles. The molecular weight excluding hydrogens is 550 g/mol. The molecule has 0 aromatic rings. The van der Waals surface area contributed by atoms with Gasteiger partial charge >= 0.3 is 5.97 Å². The van der Waals surface area contributed by atoms with Crippen LogP contribution in [-0.2, 0) is 9.59 Å². The molecule has 0 fully saturated rings. The van der Waals surface area contributed by atoms with Gasteiger partial charge in [-0.05, 0) is 30.8 Å². The maximum absolute atomic E-state index is 12.3. The molecule has 4 nitrogen and oxygen atoms in total. The number of hydrogen-bond donors (Lipinski definition) is 2. The van der Waals surface area contributed by atoms with Gasteiger partial charge in [0.1, 0.15) is 6.04 Å². The standard InChI is InChI=1S/C38H75NO3S/c1-3-5-7-9-11-13-15-17-18-19-21-23-25-27-29-31-34-43-35-33-36(38(41)42)39-37(40)32-30-28-26-24-22-20-16-14-12-10-8-6-4-2/h36H,3-35H2,1-2H3,(H,39,40)(H,41,42)/t36-/m1/s1. The van der Waals surface area contributed by atoms with Gasteiger partial charge < -0.3 is 10.4 Å². The lowest BCUT2D eigenvalue weighted by atomic mass is 10.0. The van der Waals surface area contributed by atoms with Crippen molar-refractivity contribution in [2.24, 2.45) is 0 Å². The van der Waals surface area contributed by atoms with E-state index in [1.54, 1.807) is 0 Å². The molecule has 0 saturated carbocycles. The molecule has 5 heteroatoms. The average molecular weight is 626 g/mol. The molecular formula is C38H75NO3S. The van der Waals surface area contributed by atoms with Crippen LogP contribution in [0.1, 0.15) is 213 Å². The molecule has 0 aromatic carbocycles. The van der Waals surface area contributed by atoms with Crippen molar-refractivity contribution in [3.05, 3.63) is 0 Å². The molecule has 1 atom stereocenters. The van der Waals surface area contributed by atoms with E-state index in [0.717, 1.165) is 24.3 Å². The Morgan fingerprint density at radius 1 is 0.488 bits per heavy atom. The van der Waals surface area contributed by atoms with Crippen molar-refractivity contribution < 1.29 is 14.7 Å². The molecule has 0 saturated heterocycles. The van der Waals surface area contributed by atoms with Crippen LogP contribution in [0.3, 0.4) is 0 Å². The Bertz CT molecular complexity index is 586. The minimum Gasteiger partial charge on any atom is -0.480 e. The maximum atomic E-state index is 12.3. The second-order valence-corrected chi connectivity index (χ2v) is 14.4. The second kappa shape index (κ2) is 35.8. The lowest BCUT2D eigenvalue weighted by Crippen LogP contribution is -2.41. The van der Waals surface area contributed by atoms with Crippen molar-refractivity contribution in [2.75, 3.05) is 11.5 Å². The van der Waals surface area contributed by atoms with E-state index in [4.69, 9.17) is 0 Å². The van der Waals surface area contributed by atoms with Crippen LogP contribution in [0.15, 0.2) is 0 Å². The lowest BCUT2D eigenvalue weighted by molar-refractivity contribution is -0.141. The van der Waals surface area contributed by atoms with Crippen LogP contribution in [0, 0.1) is 0 Å². The number of hydrogen-bond acceptors (Lipinski definition) is 3. The first-order valence-electron chi connectivity index (χ1n) is 19.2. The zero-order chi connectivity index (χ0) is 31.5.